The molecule has 29 heavy (non-hydrogen) atoms. The van der Waals surface area contributed by atoms with Crippen molar-refractivity contribution >= 4 is 33.2 Å². The number of aryl methyl sites for hydroxylation is 2. The molecule has 1 heterocycles. The van der Waals surface area contributed by atoms with E-state index in [2.05, 4.69) is 15.6 Å². The Balaban J connectivity index is 1.60. The Morgan fingerprint density at radius 1 is 0.966 bits per heavy atom. The van der Waals surface area contributed by atoms with Crippen molar-refractivity contribution < 1.29 is 18.0 Å². The van der Waals surface area contributed by atoms with Gasteiger partial charge in [-0.3, -0.25) is 20.4 Å². The average molecular weight is 436 g/mol. The largest absolute Gasteiger partial charge is 0.279 e. The topological polar surface area (TPSA) is 104 Å². The van der Waals surface area contributed by atoms with E-state index in [0.29, 0.717) is 4.88 Å². The van der Waals surface area contributed by atoms with Crippen LogP contribution in [0.5, 0.6) is 0 Å². The van der Waals surface area contributed by atoms with Crippen molar-refractivity contribution in [2.75, 3.05) is 6.54 Å². The highest BCUT2D eigenvalue weighted by atomic mass is 32.2. The number of rotatable bonds is 5. The summed E-state index contributed by atoms with van der Waals surface area (Å²) in [5.41, 5.74) is 6.32. The summed E-state index contributed by atoms with van der Waals surface area (Å²) in [6, 6.07) is 7.44. The zero-order valence-electron chi connectivity index (χ0n) is 16.3. The van der Waals surface area contributed by atoms with Crippen LogP contribution >= 0.6 is 11.3 Å². The molecule has 2 amide bonds. The number of amides is 2. The number of sulfonamides is 1. The summed E-state index contributed by atoms with van der Waals surface area (Å²) in [6.45, 7) is 1.97. The predicted octanol–water partition coefficient (Wildman–Crippen LogP) is 2.78. The molecule has 1 aliphatic carbocycles. The number of fused-ring (bicyclic) bond motifs is 1. The van der Waals surface area contributed by atoms with E-state index in [9.17, 15) is 18.0 Å². The first kappa shape index (κ1) is 21.5. The van der Waals surface area contributed by atoms with Crippen LogP contribution < -0.4 is 15.6 Å². The SMILES string of the molecule is CCNS(=O)(=O)c1ccc(C(=O)NNC(=O)c2cc3c(s2)CCCCCC3)cc1. The van der Waals surface area contributed by atoms with Crippen LogP contribution in [0.3, 0.4) is 0 Å². The fourth-order valence-electron chi connectivity index (χ4n) is 3.26. The fraction of sp³-hybridized carbons (Fsp3) is 0.400. The molecule has 7 nitrogen and oxygen atoms in total. The second kappa shape index (κ2) is 9.51. The quantitative estimate of drug-likeness (QED) is 0.628. The van der Waals surface area contributed by atoms with Gasteiger partial charge in [0.15, 0.2) is 0 Å². The minimum absolute atomic E-state index is 0.0796. The van der Waals surface area contributed by atoms with Crippen LogP contribution in [0, 0.1) is 0 Å². The van der Waals surface area contributed by atoms with E-state index in [1.54, 1.807) is 6.92 Å². The summed E-state index contributed by atoms with van der Waals surface area (Å²) >= 11 is 1.49. The first-order valence-corrected chi connectivity index (χ1v) is 12.0. The molecule has 0 spiro atoms. The van der Waals surface area contributed by atoms with Gasteiger partial charge in [-0.2, -0.15) is 0 Å². The zero-order chi connectivity index (χ0) is 20.9. The molecule has 0 atom stereocenters. The van der Waals surface area contributed by atoms with Crippen molar-refractivity contribution in [1.29, 1.82) is 0 Å². The monoisotopic (exact) mass is 435 g/mol. The number of carbonyl (C=O) groups is 2. The molecule has 0 bridgehead atoms. The summed E-state index contributed by atoms with van der Waals surface area (Å²) < 4.78 is 26.3. The van der Waals surface area contributed by atoms with Crippen LogP contribution in [-0.4, -0.2) is 26.8 Å². The molecule has 0 saturated carbocycles. The number of hydrogen-bond donors (Lipinski definition) is 3. The van der Waals surface area contributed by atoms with E-state index in [4.69, 9.17) is 0 Å². The maximum atomic E-state index is 12.4. The second-order valence-corrected chi connectivity index (χ2v) is 9.81. The van der Waals surface area contributed by atoms with Gasteiger partial charge in [-0.1, -0.05) is 19.8 Å². The van der Waals surface area contributed by atoms with Gasteiger partial charge in [-0.25, -0.2) is 13.1 Å². The maximum absolute atomic E-state index is 12.4. The molecule has 156 valence electrons. The van der Waals surface area contributed by atoms with Crippen molar-refractivity contribution in [2.24, 2.45) is 0 Å². The molecule has 0 fully saturated rings. The minimum Gasteiger partial charge on any atom is -0.267 e. The first-order chi connectivity index (χ1) is 13.9. The molecule has 0 saturated heterocycles. The van der Waals surface area contributed by atoms with Crippen molar-refractivity contribution in [3.63, 3.8) is 0 Å². The van der Waals surface area contributed by atoms with Crippen molar-refractivity contribution in [3.8, 4) is 0 Å². The average Bonchev–Trinajstić information content (AvgIpc) is 3.08. The highest BCUT2D eigenvalue weighted by molar-refractivity contribution is 7.89. The zero-order valence-corrected chi connectivity index (χ0v) is 17.9. The van der Waals surface area contributed by atoms with Crippen LogP contribution in [0.2, 0.25) is 0 Å². The lowest BCUT2D eigenvalue weighted by Crippen LogP contribution is -2.41. The van der Waals surface area contributed by atoms with Crippen molar-refractivity contribution in [1.82, 2.24) is 15.6 Å². The standard InChI is InChI=1S/C20H25N3O4S2/c1-2-21-29(26,27)16-11-9-14(10-12-16)19(24)22-23-20(25)18-13-15-7-5-3-4-6-8-17(15)28-18/h9-13,21H,2-8H2,1H3,(H,22,24)(H,23,25). The third-order valence-electron chi connectivity index (χ3n) is 4.77. The van der Waals surface area contributed by atoms with E-state index in [0.717, 1.165) is 25.7 Å². The lowest BCUT2D eigenvalue weighted by Gasteiger charge is -2.08. The summed E-state index contributed by atoms with van der Waals surface area (Å²) in [6.07, 6.45) is 6.73. The molecule has 1 aliphatic rings. The molecule has 3 rings (SSSR count). The number of benzene rings is 1. The number of nitrogens with one attached hydrogen (secondary N) is 3. The van der Waals surface area contributed by atoms with Gasteiger partial charge in [0, 0.05) is 17.0 Å². The van der Waals surface area contributed by atoms with Gasteiger partial charge >= 0.3 is 0 Å². The number of hydrogen-bond acceptors (Lipinski definition) is 5. The van der Waals surface area contributed by atoms with Gasteiger partial charge in [-0.05, 0) is 61.6 Å². The molecule has 0 aliphatic heterocycles. The molecule has 2 aromatic rings. The molecule has 9 heteroatoms. The maximum Gasteiger partial charge on any atom is 0.279 e. The lowest BCUT2D eigenvalue weighted by atomic mass is 10.00. The van der Waals surface area contributed by atoms with E-state index in [1.165, 1.54) is 58.9 Å². The third kappa shape index (κ3) is 5.43. The Kier molecular flexibility index (Phi) is 7.05. The Bertz CT molecular complexity index is 956. The van der Waals surface area contributed by atoms with Crippen LogP contribution in [0.25, 0.3) is 0 Å². The Hall–Kier alpha value is -2.23. The van der Waals surface area contributed by atoms with Gasteiger partial charge in [0.25, 0.3) is 11.8 Å². The molecule has 0 unspecified atom stereocenters. The van der Waals surface area contributed by atoms with Crippen molar-refractivity contribution in [3.05, 3.63) is 51.2 Å². The Morgan fingerprint density at radius 2 is 1.62 bits per heavy atom. The van der Waals surface area contributed by atoms with Crippen LogP contribution in [-0.2, 0) is 22.9 Å². The molecule has 3 N–H and O–H groups in total. The number of carbonyl (C=O) groups excluding carboxylic acids is 2. The minimum atomic E-state index is -3.57. The summed E-state index contributed by atoms with van der Waals surface area (Å²) in [4.78, 5) is 26.6. The van der Waals surface area contributed by atoms with Crippen LogP contribution in [0.1, 0.15) is 63.1 Å². The van der Waals surface area contributed by atoms with E-state index in [1.807, 2.05) is 6.07 Å². The molecule has 1 aromatic heterocycles. The van der Waals surface area contributed by atoms with Crippen LogP contribution in [0.15, 0.2) is 35.2 Å². The number of thiophene rings is 1. The Morgan fingerprint density at radius 3 is 2.31 bits per heavy atom. The molecular formula is C20H25N3O4S2. The number of hydrazine groups is 1. The predicted molar refractivity (Wildman–Crippen MR) is 112 cm³/mol. The Labute approximate surface area is 174 Å². The smallest absolute Gasteiger partial charge is 0.267 e. The summed E-state index contributed by atoms with van der Waals surface area (Å²) in [5.74, 6) is -0.859. The highest BCUT2D eigenvalue weighted by Gasteiger charge is 2.17. The van der Waals surface area contributed by atoms with E-state index >= 15 is 0 Å². The fourth-order valence-corrected chi connectivity index (χ4v) is 5.45. The molecule has 0 radical (unpaired) electrons. The molecule has 1 aromatic carbocycles. The van der Waals surface area contributed by atoms with Gasteiger partial charge in [0.05, 0.1) is 9.77 Å². The first-order valence-electron chi connectivity index (χ1n) is 9.72. The lowest BCUT2D eigenvalue weighted by molar-refractivity contribution is 0.0849. The van der Waals surface area contributed by atoms with Crippen molar-refractivity contribution in [2.45, 2.75) is 50.3 Å². The van der Waals surface area contributed by atoms with E-state index < -0.39 is 15.9 Å². The normalized spacial score (nSPS) is 14.4. The third-order valence-corrected chi connectivity index (χ3v) is 7.57. The van der Waals surface area contributed by atoms with Crippen LogP contribution in [0.4, 0.5) is 0 Å². The van der Waals surface area contributed by atoms with Gasteiger partial charge in [0.1, 0.15) is 0 Å². The summed E-state index contributed by atoms with van der Waals surface area (Å²) in [7, 11) is -3.57. The second-order valence-electron chi connectivity index (χ2n) is 6.91. The molecular weight excluding hydrogens is 410 g/mol. The van der Waals surface area contributed by atoms with Gasteiger partial charge in [0.2, 0.25) is 10.0 Å². The van der Waals surface area contributed by atoms with Gasteiger partial charge < -0.3 is 0 Å². The highest BCUT2D eigenvalue weighted by Crippen LogP contribution is 2.28. The van der Waals surface area contributed by atoms with E-state index in [-0.39, 0.29) is 22.9 Å². The van der Waals surface area contributed by atoms with Gasteiger partial charge in [-0.15, -0.1) is 11.3 Å². The summed E-state index contributed by atoms with van der Waals surface area (Å²) in [5, 5.41) is 0.